The first-order chi connectivity index (χ1) is 7.81. The minimum Gasteiger partial charge on any atom is -0.496 e. The minimum atomic E-state index is 0.671. The molecule has 0 amide bonds. The van der Waals surface area contributed by atoms with Crippen LogP contribution in [0.25, 0.3) is 0 Å². The van der Waals surface area contributed by atoms with Crippen molar-refractivity contribution in [3.63, 3.8) is 0 Å². The van der Waals surface area contributed by atoms with Gasteiger partial charge in [-0.1, -0.05) is 18.2 Å². The van der Waals surface area contributed by atoms with Gasteiger partial charge in [0.25, 0.3) is 0 Å². The van der Waals surface area contributed by atoms with Gasteiger partial charge in [0.05, 0.1) is 7.11 Å². The van der Waals surface area contributed by atoms with Crippen LogP contribution < -0.4 is 4.74 Å². The summed E-state index contributed by atoms with van der Waals surface area (Å²) in [6.07, 6.45) is 3.10. The largest absolute Gasteiger partial charge is 0.496 e. The van der Waals surface area contributed by atoms with E-state index in [1.165, 1.54) is 12.8 Å². The molecule has 0 atom stereocenters. The summed E-state index contributed by atoms with van der Waals surface area (Å²) in [6, 6.07) is 7.94. The zero-order valence-corrected chi connectivity index (χ0v) is 9.70. The number of nitrogens with zero attached hydrogens (tertiary/aromatic N) is 1. The topological polar surface area (TPSA) is 36.3 Å². The van der Waals surface area contributed by atoms with E-state index in [-0.39, 0.29) is 0 Å². The van der Waals surface area contributed by atoms with Crippen LogP contribution in [0.15, 0.2) is 24.3 Å². The predicted molar refractivity (Wildman–Crippen MR) is 65.2 cm³/mol. The van der Waals surface area contributed by atoms with Crippen LogP contribution in [0.3, 0.4) is 0 Å². The fourth-order valence-electron chi connectivity index (χ4n) is 2.13. The summed E-state index contributed by atoms with van der Waals surface area (Å²) < 4.78 is 5.29. The Labute approximate surface area is 96.5 Å². The van der Waals surface area contributed by atoms with Gasteiger partial charge in [-0.25, -0.2) is 0 Å². The SMILES string of the molecule is COc1ccccc1CC(=N)N1CCCC1. The molecule has 0 radical (unpaired) electrons. The maximum Gasteiger partial charge on any atom is 0.122 e. The Morgan fingerprint density at radius 2 is 2.00 bits per heavy atom. The normalized spacial score (nSPS) is 15.2. The fourth-order valence-corrected chi connectivity index (χ4v) is 2.13. The first-order valence-corrected chi connectivity index (χ1v) is 5.75. The number of rotatable bonds is 3. The first kappa shape index (κ1) is 11.0. The summed E-state index contributed by atoms with van der Waals surface area (Å²) in [5.74, 6) is 1.59. The van der Waals surface area contributed by atoms with Crippen molar-refractivity contribution >= 4 is 5.84 Å². The van der Waals surface area contributed by atoms with Gasteiger partial charge in [-0.05, 0) is 18.9 Å². The van der Waals surface area contributed by atoms with Gasteiger partial charge in [-0.15, -0.1) is 0 Å². The highest BCUT2D eigenvalue weighted by atomic mass is 16.5. The lowest BCUT2D eigenvalue weighted by atomic mass is 10.1. The van der Waals surface area contributed by atoms with Crippen molar-refractivity contribution in [2.24, 2.45) is 0 Å². The van der Waals surface area contributed by atoms with Gasteiger partial charge in [0.15, 0.2) is 0 Å². The number of methoxy groups -OCH3 is 1. The average molecular weight is 218 g/mol. The standard InChI is InChI=1S/C13H18N2O/c1-16-12-7-3-2-6-11(12)10-13(14)15-8-4-5-9-15/h2-3,6-7,14H,4-5,8-10H2,1H3. The molecule has 1 aliphatic rings. The van der Waals surface area contributed by atoms with Crippen LogP contribution in [0.4, 0.5) is 0 Å². The summed E-state index contributed by atoms with van der Waals surface area (Å²) >= 11 is 0. The fraction of sp³-hybridized carbons (Fsp3) is 0.462. The summed E-state index contributed by atoms with van der Waals surface area (Å²) in [5.41, 5.74) is 1.10. The van der Waals surface area contributed by atoms with Gasteiger partial charge >= 0.3 is 0 Å². The lowest BCUT2D eigenvalue weighted by molar-refractivity contribution is 0.410. The van der Waals surface area contributed by atoms with Gasteiger partial charge in [-0.2, -0.15) is 0 Å². The lowest BCUT2D eigenvalue weighted by Gasteiger charge is -2.19. The van der Waals surface area contributed by atoms with Crippen LogP contribution >= 0.6 is 0 Å². The zero-order chi connectivity index (χ0) is 11.4. The molecule has 0 spiro atoms. The van der Waals surface area contributed by atoms with Gasteiger partial charge in [-0.3, -0.25) is 5.41 Å². The number of hydrogen-bond acceptors (Lipinski definition) is 2. The van der Waals surface area contributed by atoms with E-state index in [0.717, 1.165) is 24.4 Å². The molecule has 86 valence electrons. The van der Waals surface area contributed by atoms with Crippen LogP contribution in [-0.2, 0) is 6.42 Å². The van der Waals surface area contributed by atoms with Crippen molar-refractivity contribution in [2.45, 2.75) is 19.3 Å². The van der Waals surface area contributed by atoms with Crippen LogP contribution in [0.2, 0.25) is 0 Å². The number of likely N-dealkylation sites (tertiary alicyclic amines) is 1. The number of ether oxygens (including phenoxy) is 1. The molecule has 1 aromatic rings. The van der Waals surface area contributed by atoms with E-state index in [2.05, 4.69) is 4.90 Å². The van der Waals surface area contributed by atoms with E-state index >= 15 is 0 Å². The Morgan fingerprint density at radius 1 is 1.31 bits per heavy atom. The Bertz CT molecular complexity index is 370. The molecule has 3 nitrogen and oxygen atoms in total. The minimum absolute atomic E-state index is 0.671. The predicted octanol–water partition coefficient (Wildman–Crippen LogP) is 2.31. The van der Waals surface area contributed by atoms with Crippen LogP contribution in [0.5, 0.6) is 5.75 Å². The third kappa shape index (κ3) is 2.35. The lowest BCUT2D eigenvalue weighted by Crippen LogP contribution is -2.28. The van der Waals surface area contributed by atoms with Crippen molar-refractivity contribution in [1.82, 2.24) is 4.90 Å². The second-order valence-electron chi connectivity index (χ2n) is 4.13. The second kappa shape index (κ2) is 5.01. The Morgan fingerprint density at radius 3 is 2.69 bits per heavy atom. The summed E-state index contributed by atoms with van der Waals surface area (Å²) in [7, 11) is 1.68. The molecule has 2 rings (SSSR count). The smallest absolute Gasteiger partial charge is 0.122 e. The maximum absolute atomic E-state index is 8.07. The summed E-state index contributed by atoms with van der Waals surface area (Å²) in [6.45, 7) is 2.07. The third-order valence-electron chi connectivity index (χ3n) is 3.04. The van der Waals surface area contributed by atoms with Crippen LogP contribution in [0.1, 0.15) is 18.4 Å². The molecule has 16 heavy (non-hydrogen) atoms. The highest BCUT2D eigenvalue weighted by molar-refractivity contribution is 5.82. The molecule has 1 aromatic carbocycles. The Kier molecular flexibility index (Phi) is 3.44. The molecule has 0 aliphatic carbocycles. The number of para-hydroxylation sites is 1. The molecule has 0 unspecified atom stereocenters. The van der Waals surface area contributed by atoms with E-state index in [1.54, 1.807) is 7.11 Å². The molecular formula is C13H18N2O. The van der Waals surface area contributed by atoms with Gasteiger partial charge in [0.1, 0.15) is 11.6 Å². The Balaban J connectivity index is 2.05. The third-order valence-corrected chi connectivity index (χ3v) is 3.04. The van der Waals surface area contributed by atoms with Crippen LogP contribution in [-0.4, -0.2) is 30.9 Å². The molecule has 1 heterocycles. The molecule has 1 saturated heterocycles. The quantitative estimate of drug-likeness (QED) is 0.624. The van der Waals surface area contributed by atoms with Crippen molar-refractivity contribution in [3.05, 3.63) is 29.8 Å². The number of nitrogens with one attached hydrogen (secondary N) is 1. The number of benzene rings is 1. The molecule has 0 bridgehead atoms. The second-order valence-corrected chi connectivity index (χ2v) is 4.13. The Hall–Kier alpha value is -1.51. The monoisotopic (exact) mass is 218 g/mol. The highest BCUT2D eigenvalue weighted by Gasteiger charge is 2.16. The molecule has 1 aliphatic heterocycles. The molecular weight excluding hydrogens is 200 g/mol. The van der Waals surface area contributed by atoms with Crippen molar-refractivity contribution in [1.29, 1.82) is 5.41 Å². The van der Waals surface area contributed by atoms with Crippen molar-refractivity contribution in [2.75, 3.05) is 20.2 Å². The molecule has 0 aromatic heterocycles. The van der Waals surface area contributed by atoms with E-state index in [4.69, 9.17) is 10.1 Å². The van der Waals surface area contributed by atoms with Crippen LogP contribution in [0, 0.1) is 5.41 Å². The summed E-state index contributed by atoms with van der Waals surface area (Å²) in [4.78, 5) is 2.16. The van der Waals surface area contributed by atoms with E-state index in [1.807, 2.05) is 24.3 Å². The van der Waals surface area contributed by atoms with E-state index < -0.39 is 0 Å². The molecule has 1 N–H and O–H groups in total. The zero-order valence-electron chi connectivity index (χ0n) is 9.70. The average Bonchev–Trinajstić information content (AvgIpc) is 2.83. The molecule has 3 heteroatoms. The summed E-state index contributed by atoms with van der Waals surface area (Å²) in [5, 5.41) is 8.07. The molecule has 1 fully saturated rings. The van der Waals surface area contributed by atoms with Gasteiger partial charge < -0.3 is 9.64 Å². The van der Waals surface area contributed by atoms with Crippen molar-refractivity contribution < 1.29 is 4.74 Å². The maximum atomic E-state index is 8.07. The molecule has 0 saturated carbocycles. The highest BCUT2D eigenvalue weighted by Crippen LogP contribution is 2.19. The van der Waals surface area contributed by atoms with Gasteiger partial charge in [0.2, 0.25) is 0 Å². The van der Waals surface area contributed by atoms with Crippen molar-refractivity contribution in [3.8, 4) is 5.75 Å². The first-order valence-electron chi connectivity index (χ1n) is 5.75. The van der Waals surface area contributed by atoms with E-state index in [0.29, 0.717) is 12.3 Å². The number of amidine groups is 1. The van der Waals surface area contributed by atoms with E-state index in [9.17, 15) is 0 Å². The van der Waals surface area contributed by atoms with Gasteiger partial charge in [0, 0.05) is 25.1 Å². The number of hydrogen-bond donors (Lipinski definition) is 1.